The van der Waals surface area contributed by atoms with Gasteiger partial charge in [-0.2, -0.15) is 0 Å². The number of hydrogen-bond donors (Lipinski definition) is 1. The van der Waals surface area contributed by atoms with Crippen LogP contribution in [0.2, 0.25) is 0 Å². The minimum atomic E-state index is -0.00760. The van der Waals surface area contributed by atoms with E-state index >= 15 is 0 Å². The Balaban J connectivity index is 3.03. The predicted octanol–water partition coefficient (Wildman–Crippen LogP) is 2.88. The van der Waals surface area contributed by atoms with Crippen molar-refractivity contribution in [2.24, 2.45) is 0 Å². The fourth-order valence-electron chi connectivity index (χ4n) is 2.21. The summed E-state index contributed by atoms with van der Waals surface area (Å²) in [5.41, 5.74) is 0. The molecular weight excluding hydrogens is 322 g/mol. The van der Waals surface area contributed by atoms with Gasteiger partial charge in [-0.25, -0.2) is 0 Å². The molecule has 0 saturated heterocycles. The van der Waals surface area contributed by atoms with Crippen LogP contribution in [0.4, 0.5) is 0 Å². The number of nitrogens with one attached hydrogen (secondary N) is 1. The summed E-state index contributed by atoms with van der Waals surface area (Å²) in [6.45, 7) is 7.84. The number of amides is 1. The summed E-state index contributed by atoms with van der Waals surface area (Å²) >= 11 is 0. The number of rotatable bonds is 19. The van der Waals surface area contributed by atoms with E-state index < -0.39 is 0 Å². The van der Waals surface area contributed by atoms with E-state index in [1.807, 2.05) is 6.92 Å². The molecule has 0 spiro atoms. The molecule has 1 N–H and O–H groups in total. The molecule has 1 amide bonds. The molecule has 0 unspecified atom stereocenters. The van der Waals surface area contributed by atoms with E-state index in [4.69, 9.17) is 14.2 Å². The Kier molecular flexibility index (Phi) is 18.6. The van der Waals surface area contributed by atoms with Crippen LogP contribution >= 0.6 is 0 Å². The van der Waals surface area contributed by atoms with Gasteiger partial charge in [0, 0.05) is 39.5 Å². The number of hydrogen-bond acceptors (Lipinski definition) is 5. The molecule has 0 aliphatic carbocycles. The van der Waals surface area contributed by atoms with Gasteiger partial charge < -0.3 is 19.5 Å². The van der Waals surface area contributed by atoms with E-state index in [2.05, 4.69) is 5.32 Å². The molecule has 0 aromatic heterocycles. The van der Waals surface area contributed by atoms with Crippen molar-refractivity contribution in [3.63, 3.8) is 0 Å². The number of ether oxygens (including phenoxy) is 3. The lowest BCUT2D eigenvalue weighted by molar-refractivity contribution is -0.119. The van der Waals surface area contributed by atoms with Gasteiger partial charge in [-0.05, 0) is 19.3 Å². The molecule has 0 fully saturated rings. The average molecular weight is 360 g/mol. The second-order valence-electron chi connectivity index (χ2n) is 6.08. The van der Waals surface area contributed by atoms with Gasteiger partial charge in [-0.15, -0.1) is 0 Å². The van der Waals surface area contributed by atoms with Crippen LogP contribution in [-0.4, -0.2) is 57.9 Å². The quantitative estimate of drug-likeness (QED) is 0.359. The number of carbonyl (C=O) groups excluding carboxylic acids is 2. The topological polar surface area (TPSA) is 73.9 Å². The fraction of sp³-hybridized carbons (Fsp3) is 0.895. The summed E-state index contributed by atoms with van der Waals surface area (Å²) in [7, 11) is 0. The van der Waals surface area contributed by atoms with Crippen molar-refractivity contribution in [2.75, 3.05) is 46.2 Å². The van der Waals surface area contributed by atoms with E-state index in [9.17, 15) is 9.59 Å². The van der Waals surface area contributed by atoms with Gasteiger partial charge in [0.1, 0.15) is 5.78 Å². The Bertz CT molecular complexity index is 323. The van der Waals surface area contributed by atoms with Gasteiger partial charge in [0.25, 0.3) is 0 Å². The lowest BCUT2D eigenvalue weighted by atomic mass is 10.1. The zero-order valence-electron chi connectivity index (χ0n) is 16.1. The standard InChI is InChI=1S/C19H37NO5/c1-3-19(22)10-7-5-4-6-8-12-23-14-16-25-17-15-24-13-9-11-20-18(2)21/h3-17H2,1-2H3,(H,20,21). The Morgan fingerprint density at radius 2 is 1.24 bits per heavy atom. The third kappa shape index (κ3) is 21.0. The van der Waals surface area contributed by atoms with Crippen molar-refractivity contribution in [2.45, 2.75) is 65.2 Å². The zero-order valence-corrected chi connectivity index (χ0v) is 16.1. The minimum Gasteiger partial charge on any atom is -0.379 e. The molecular formula is C19H37NO5. The molecule has 0 radical (unpaired) electrons. The van der Waals surface area contributed by atoms with Crippen molar-refractivity contribution in [3.05, 3.63) is 0 Å². The van der Waals surface area contributed by atoms with Crippen LogP contribution < -0.4 is 5.32 Å². The Labute approximate surface area is 153 Å². The first-order valence-electron chi connectivity index (χ1n) is 9.66. The molecule has 6 nitrogen and oxygen atoms in total. The van der Waals surface area contributed by atoms with Gasteiger partial charge in [0.15, 0.2) is 0 Å². The highest BCUT2D eigenvalue weighted by molar-refractivity contribution is 5.77. The van der Waals surface area contributed by atoms with E-state index in [1.54, 1.807) is 0 Å². The van der Waals surface area contributed by atoms with E-state index in [1.165, 1.54) is 13.3 Å². The molecule has 0 aromatic carbocycles. The molecule has 0 heterocycles. The smallest absolute Gasteiger partial charge is 0.216 e. The summed E-state index contributed by atoms with van der Waals surface area (Å²) in [5, 5.41) is 2.72. The number of ketones is 1. The van der Waals surface area contributed by atoms with Crippen LogP contribution in [0.15, 0.2) is 0 Å². The molecule has 25 heavy (non-hydrogen) atoms. The second-order valence-corrected chi connectivity index (χ2v) is 6.08. The van der Waals surface area contributed by atoms with E-state index in [0.717, 1.165) is 45.1 Å². The third-order valence-electron chi connectivity index (χ3n) is 3.72. The first-order valence-corrected chi connectivity index (χ1v) is 9.66. The van der Waals surface area contributed by atoms with Gasteiger partial charge in [-0.3, -0.25) is 9.59 Å². The van der Waals surface area contributed by atoms with E-state index in [0.29, 0.717) is 51.8 Å². The Morgan fingerprint density at radius 1 is 0.720 bits per heavy atom. The van der Waals surface area contributed by atoms with E-state index in [-0.39, 0.29) is 5.91 Å². The fourth-order valence-corrected chi connectivity index (χ4v) is 2.21. The molecule has 0 bridgehead atoms. The molecule has 0 rings (SSSR count). The number of unbranched alkanes of at least 4 members (excludes halogenated alkanes) is 4. The van der Waals surface area contributed by atoms with Crippen LogP contribution in [0.3, 0.4) is 0 Å². The maximum atomic E-state index is 11.1. The van der Waals surface area contributed by atoms with Crippen LogP contribution in [0.1, 0.15) is 65.2 Å². The highest BCUT2D eigenvalue weighted by Gasteiger charge is 1.98. The van der Waals surface area contributed by atoms with Crippen LogP contribution in [-0.2, 0) is 23.8 Å². The molecule has 6 heteroatoms. The molecule has 0 atom stereocenters. The van der Waals surface area contributed by atoms with Crippen LogP contribution in [0.25, 0.3) is 0 Å². The lowest BCUT2D eigenvalue weighted by Crippen LogP contribution is -2.22. The molecule has 0 saturated carbocycles. The molecule has 0 aliphatic heterocycles. The van der Waals surface area contributed by atoms with Crippen molar-refractivity contribution >= 4 is 11.7 Å². The van der Waals surface area contributed by atoms with Crippen molar-refractivity contribution < 1.29 is 23.8 Å². The SMILES string of the molecule is CCC(=O)CCCCCCCOCCOCCOCCCNC(C)=O. The highest BCUT2D eigenvalue weighted by atomic mass is 16.5. The summed E-state index contributed by atoms with van der Waals surface area (Å²) < 4.78 is 16.3. The van der Waals surface area contributed by atoms with Crippen LogP contribution in [0, 0.1) is 0 Å². The van der Waals surface area contributed by atoms with Gasteiger partial charge in [0.05, 0.1) is 26.4 Å². The second kappa shape index (κ2) is 19.3. The third-order valence-corrected chi connectivity index (χ3v) is 3.72. The lowest BCUT2D eigenvalue weighted by Gasteiger charge is -2.07. The van der Waals surface area contributed by atoms with Crippen molar-refractivity contribution in [1.82, 2.24) is 5.32 Å². The van der Waals surface area contributed by atoms with Crippen molar-refractivity contribution in [1.29, 1.82) is 0 Å². The Hall–Kier alpha value is -0.980. The van der Waals surface area contributed by atoms with Gasteiger partial charge >= 0.3 is 0 Å². The first kappa shape index (κ1) is 24.0. The monoisotopic (exact) mass is 359 g/mol. The average Bonchev–Trinajstić information content (AvgIpc) is 2.60. The number of Topliss-reactive ketones (excluding diaryl/α,β-unsaturated/α-hetero) is 1. The molecule has 148 valence electrons. The minimum absolute atomic E-state index is 0.00760. The maximum absolute atomic E-state index is 11.1. The van der Waals surface area contributed by atoms with Crippen LogP contribution in [0.5, 0.6) is 0 Å². The number of carbonyl (C=O) groups is 2. The van der Waals surface area contributed by atoms with Crippen molar-refractivity contribution in [3.8, 4) is 0 Å². The highest BCUT2D eigenvalue weighted by Crippen LogP contribution is 2.06. The largest absolute Gasteiger partial charge is 0.379 e. The maximum Gasteiger partial charge on any atom is 0.216 e. The summed E-state index contributed by atoms with van der Waals surface area (Å²) in [6.07, 6.45) is 7.79. The first-order chi connectivity index (χ1) is 12.2. The van der Waals surface area contributed by atoms with Gasteiger partial charge in [0.2, 0.25) is 5.91 Å². The summed E-state index contributed by atoms with van der Waals surface area (Å²) in [5.74, 6) is 0.366. The van der Waals surface area contributed by atoms with Gasteiger partial charge in [-0.1, -0.05) is 26.2 Å². The Morgan fingerprint density at radius 3 is 1.84 bits per heavy atom. The normalized spacial score (nSPS) is 10.8. The molecule has 0 aliphatic rings. The molecule has 0 aromatic rings. The predicted molar refractivity (Wildman–Crippen MR) is 98.8 cm³/mol. The summed E-state index contributed by atoms with van der Waals surface area (Å²) in [4.78, 5) is 21.8. The summed E-state index contributed by atoms with van der Waals surface area (Å²) in [6, 6.07) is 0. The zero-order chi connectivity index (χ0) is 18.6.